The Balaban J connectivity index is 1.60. The lowest BCUT2D eigenvalue weighted by molar-refractivity contribution is 0.0949. The fourth-order valence-electron chi connectivity index (χ4n) is 2.49. The molecule has 5 heteroatoms. The average Bonchev–Trinajstić information content (AvgIpc) is 2.63. The number of amides is 1. The van der Waals surface area contributed by atoms with Gasteiger partial charge in [0, 0.05) is 18.3 Å². The van der Waals surface area contributed by atoms with E-state index in [0.717, 1.165) is 11.1 Å². The number of halogens is 1. The number of hydrogen-bond donors (Lipinski definition) is 2. The largest absolute Gasteiger partial charge is 0.508 e. The Kier molecular flexibility index (Phi) is 5.04. The molecule has 0 aliphatic carbocycles. The van der Waals surface area contributed by atoms with Crippen molar-refractivity contribution in [1.29, 1.82) is 0 Å². The van der Waals surface area contributed by atoms with Gasteiger partial charge in [-0.1, -0.05) is 36.4 Å². The molecule has 3 rings (SSSR count). The second-order valence-corrected chi connectivity index (χ2v) is 5.58. The van der Waals surface area contributed by atoms with Crippen molar-refractivity contribution in [1.82, 2.24) is 10.3 Å². The summed E-state index contributed by atoms with van der Waals surface area (Å²) < 4.78 is 13.5. The Morgan fingerprint density at radius 2 is 1.88 bits per heavy atom. The van der Waals surface area contributed by atoms with Gasteiger partial charge >= 0.3 is 0 Å². The van der Waals surface area contributed by atoms with Crippen LogP contribution in [0.1, 0.15) is 16.1 Å². The summed E-state index contributed by atoms with van der Waals surface area (Å²) in [5, 5.41) is 12.3. The monoisotopic (exact) mass is 336 g/mol. The molecule has 0 fully saturated rings. The van der Waals surface area contributed by atoms with Gasteiger partial charge in [-0.15, -0.1) is 0 Å². The number of benzene rings is 2. The van der Waals surface area contributed by atoms with Crippen LogP contribution in [0.2, 0.25) is 0 Å². The van der Waals surface area contributed by atoms with Crippen LogP contribution < -0.4 is 5.32 Å². The van der Waals surface area contributed by atoms with Crippen LogP contribution in [0.4, 0.5) is 4.39 Å². The van der Waals surface area contributed by atoms with Gasteiger partial charge in [0.25, 0.3) is 5.91 Å². The van der Waals surface area contributed by atoms with Gasteiger partial charge in [0.05, 0.1) is 0 Å². The number of nitrogens with one attached hydrogen (secondary N) is 1. The number of carbonyl (C=O) groups excluding carboxylic acids is 1. The molecule has 1 heterocycles. The molecule has 0 atom stereocenters. The Morgan fingerprint density at radius 1 is 1.04 bits per heavy atom. The van der Waals surface area contributed by atoms with Crippen molar-refractivity contribution in [3.05, 3.63) is 83.9 Å². The van der Waals surface area contributed by atoms with Crippen LogP contribution in [0.3, 0.4) is 0 Å². The Bertz CT molecular complexity index is 879. The predicted molar refractivity (Wildman–Crippen MR) is 93.8 cm³/mol. The molecule has 0 radical (unpaired) electrons. The predicted octanol–water partition coefficient (Wildman–Crippen LogP) is 3.57. The van der Waals surface area contributed by atoms with Crippen LogP contribution in [0.15, 0.2) is 66.9 Å². The third-order valence-corrected chi connectivity index (χ3v) is 3.81. The highest BCUT2D eigenvalue weighted by Gasteiger charge is 2.08. The quantitative estimate of drug-likeness (QED) is 0.749. The maximum Gasteiger partial charge on any atom is 0.269 e. The van der Waals surface area contributed by atoms with E-state index in [1.165, 1.54) is 6.07 Å². The number of phenolic OH excluding ortho intramolecular Hbond substituents is 1. The van der Waals surface area contributed by atoms with E-state index < -0.39 is 0 Å². The lowest BCUT2D eigenvalue weighted by Crippen LogP contribution is -2.26. The number of aromatic nitrogens is 1. The van der Waals surface area contributed by atoms with Crippen molar-refractivity contribution >= 4 is 5.91 Å². The first kappa shape index (κ1) is 16.6. The summed E-state index contributed by atoms with van der Waals surface area (Å²) >= 11 is 0. The van der Waals surface area contributed by atoms with Crippen LogP contribution in [0.5, 0.6) is 5.75 Å². The summed E-state index contributed by atoms with van der Waals surface area (Å²) in [6, 6.07) is 16.7. The molecule has 0 aliphatic heterocycles. The van der Waals surface area contributed by atoms with E-state index in [0.29, 0.717) is 18.5 Å². The summed E-state index contributed by atoms with van der Waals surface area (Å²) in [6.07, 6.45) is 2.00. The Morgan fingerprint density at radius 3 is 2.60 bits per heavy atom. The second kappa shape index (κ2) is 7.57. The fraction of sp³-hybridized carbons (Fsp3) is 0.100. The highest BCUT2D eigenvalue weighted by atomic mass is 19.1. The van der Waals surface area contributed by atoms with Crippen molar-refractivity contribution in [2.24, 2.45) is 0 Å². The van der Waals surface area contributed by atoms with Crippen LogP contribution in [-0.2, 0) is 6.42 Å². The zero-order chi connectivity index (χ0) is 17.6. The highest BCUT2D eigenvalue weighted by Crippen LogP contribution is 2.22. The second-order valence-electron chi connectivity index (χ2n) is 5.58. The van der Waals surface area contributed by atoms with E-state index in [2.05, 4.69) is 10.3 Å². The minimum atomic E-state index is -0.307. The molecule has 25 heavy (non-hydrogen) atoms. The van der Waals surface area contributed by atoms with Gasteiger partial charge < -0.3 is 10.4 Å². The minimum Gasteiger partial charge on any atom is -0.508 e. The SMILES string of the molecule is O=C(NCCc1ccccc1F)c1ccc(-c2cccc(O)c2)cn1. The number of carbonyl (C=O) groups is 1. The highest BCUT2D eigenvalue weighted by molar-refractivity contribution is 5.92. The molecule has 0 saturated carbocycles. The van der Waals surface area contributed by atoms with Crippen molar-refractivity contribution in [2.45, 2.75) is 6.42 Å². The first-order valence-electron chi connectivity index (χ1n) is 7.90. The van der Waals surface area contributed by atoms with E-state index in [1.54, 1.807) is 54.7 Å². The van der Waals surface area contributed by atoms with Gasteiger partial charge in [0.2, 0.25) is 0 Å². The molecule has 126 valence electrons. The third-order valence-electron chi connectivity index (χ3n) is 3.81. The van der Waals surface area contributed by atoms with Crippen LogP contribution >= 0.6 is 0 Å². The maximum absolute atomic E-state index is 13.5. The number of rotatable bonds is 5. The molecule has 0 saturated heterocycles. The lowest BCUT2D eigenvalue weighted by Gasteiger charge is -2.07. The van der Waals surface area contributed by atoms with Crippen LogP contribution in [-0.4, -0.2) is 22.5 Å². The van der Waals surface area contributed by atoms with E-state index >= 15 is 0 Å². The molecule has 4 nitrogen and oxygen atoms in total. The zero-order valence-corrected chi connectivity index (χ0v) is 13.4. The molecular weight excluding hydrogens is 319 g/mol. The number of nitrogens with zero attached hydrogens (tertiary/aromatic N) is 1. The summed E-state index contributed by atoms with van der Waals surface area (Å²) in [5.41, 5.74) is 2.48. The Labute approximate surface area is 145 Å². The number of pyridine rings is 1. The molecule has 2 aromatic carbocycles. The van der Waals surface area contributed by atoms with E-state index in [-0.39, 0.29) is 23.2 Å². The maximum atomic E-state index is 13.5. The van der Waals surface area contributed by atoms with Crippen LogP contribution in [0, 0.1) is 5.82 Å². The van der Waals surface area contributed by atoms with E-state index in [1.807, 2.05) is 6.07 Å². The average molecular weight is 336 g/mol. The van der Waals surface area contributed by atoms with Crippen LogP contribution in [0.25, 0.3) is 11.1 Å². The zero-order valence-electron chi connectivity index (χ0n) is 13.4. The van der Waals surface area contributed by atoms with E-state index in [9.17, 15) is 14.3 Å². The minimum absolute atomic E-state index is 0.174. The molecule has 0 aliphatic rings. The van der Waals surface area contributed by atoms with Crippen molar-refractivity contribution in [2.75, 3.05) is 6.54 Å². The molecule has 1 amide bonds. The van der Waals surface area contributed by atoms with Crippen molar-refractivity contribution < 1.29 is 14.3 Å². The number of phenols is 1. The summed E-state index contributed by atoms with van der Waals surface area (Å²) in [4.78, 5) is 16.3. The van der Waals surface area contributed by atoms with Crippen molar-refractivity contribution in [3.8, 4) is 16.9 Å². The first-order valence-corrected chi connectivity index (χ1v) is 7.90. The molecule has 2 N–H and O–H groups in total. The van der Waals surface area contributed by atoms with Gasteiger partial charge in [0.1, 0.15) is 17.3 Å². The summed E-state index contributed by atoms with van der Waals surface area (Å²) in [5.74, 6) is -0.406. The van der Waals surface area contributed by atoms with Gasteiger partial charge in [-0.3, -0.25) is 9.78 Å². The standard InChI is InChI=1S/C20H17FN2O2/c21-18-7-2-1-4-14(18)10-11-22-20(25)19-9-8-16(13-23-19)15-5-3-6-17(24)12-15/h1-9,12-13,24H,10-11H2,(H,22,25). The number of aromatic hydroxyl groups is 1. The lowest BCUT2D eigenvalue weighted by atomic mass is 10.1. The molecule has 3 aromatic rings. The first-order chi connectivity index (χ1) is 12.1. The van der Waals surface area contributed by atoms with Crippen molar-refractivity contribution in [3.63, 3.8) is 0 Å². The third kappa shape index (κ3) is 4.20. The van der Waals surface area contributed by atoms with Gasteiger partial charge in [-0.05, 0) is 41.8 Å². The van der Waals surface area contributed by atoms with E-state index in [4.69, 9.17) is 0 Å². The molecule has 0 spiro atoms. The van der Waals surface area contributed by atoms with Gasteiger partial charge in [-0.25, -0.2) is 4.39 Å². The number of hydrogen-bond acceptors (Lipinski definition) is 3. The fourth-order valence-corrected chi connectivity index (χ4v) is 2.49. The normalized spacial score (nSPS) is 10.4. The van der Waals surface area contributed by atoms with Gasteiger partial charge in [-0.2, -0.15) is 0 Å². The van der Waals surface area contributed by atoms with Gasteiger partial charge in [0.15, 0.2) is 0 Å². The Hall–Kier alpha value is -3.21. The topological polar surface area (TPSA) is 62.2 Å². The molecule has 0 unspecified atom stereocenters. The molecule has 0 bridgehead atoms. The smallest absolute Gasteiger partial charge is 0.269 e. The summed E-state index contributed by atoms with van der Waals surface area (Å²) in [6.45, 7) is 0.329. The molecular formula is C20H17FN2O2. The summed E-state index contributed by atoms with van der Waals surface area (Å²) in [7, 11) is 0. The molecule has 1 aromatic heterocycles.